The zero-order chi connectivity index (χ0) is 9.47. The van der Waals surface area contributed by atoms with Crippen LogP contribution in [0, 0.1) is 0 Å². The first-order valence-electron chi connectivity index (χ1n) is 4.51. The Bertz CT molecular complexity index is 426. The van der Waals surface area contributed by atoms with Crippen LogP contribution in [-0.4, -0.2) is 17.5 Å². The summed E-state index contributed by atoms with van der Waals surface area (Å²) in [5, 5.41) is 0. The molecule has 0 unspecified atom stereocenters. The molecule has 0 N–H and O–H groups in total. The molecule has 0 aliphatic rings. The number of rotatable bonds is 1. The largest absolute Gasteiger partial charge is 0.309 e. The molecule has 0 atom stereocenters. The Labute approximate surface area is 79.2 Å². The van der Waals surface area contributed by atoms with E-state index in [1.807, 2.05) is 12.3 Å². The molecule has 0 spiro atoms. The molecule has 13 heavy (non-hydrogen) atoms. The van der Waals surface area contributed by atoms with Gasteiger partial charge in [-0.15, -0.1) is 0 Å². The molecule has 0 amide bonds. The summed E-state index contributed by atoms with van der Waals surface area (Å²) in [6.07, 6.45) is 4.00. The van der Waals surface area contributed by atoms with Crippen LogP contribution in [0.1, 0.15) is 0 Å². The highest BCUT2D eigenvalue weighted by Gasteiger charge is 2.20. The van der Waals surface area contributed by atoms with Crippen molar-refractivity contribution in [1.82, 2.24) is 9.38 Å². The number of hydrogen-bond donors (Lipinski definition) is 0. The molecular weight excluding hydrogens is 176 g/mol. The first-order valence-corrected chi connectivity index (χ1v) is 8.01. The molecule has 0 fully saturated rings. The van der Waals surface area contributed by atoms with Crippen LogP contribution in [0.25, 0.3) is 5.52 Å². The Morgan fingerprint density at radius 3 is 2.69 bits per heavy atom. The van der Waals surface area contributed by atoms with Crippen molar-refractivity contribution >= 4 is 19.0 Å². The summed E-state index contributed by atoms with van der Waals surface area (Å²) in [6.45, 7) is 6.94. The molecule has 2 nitrogen and oxygen atoms in total. The first kappa shape index (κ1) is 8.50. The summed E-state index contributed by atoms with van der Waals surface area (Å²) in [7, 11) is -1.31. The van der Waals surface area contributed by atoms with E-state index in [0.29, 0.717) is 0 Å². The average Bonchev–Trinajstić information content (AvgIpc) is 2.48. The average molecular weight is 190 g/mol. The van der Waals surface area contributed by atoms with Gasteiger partial charge in [0.15, 0.2) is 0 Å². The van der Waals surface area contributed by atoms with E-state index in [1.54, 1.807) is 0 Å². The second kappa shape index (κ2) is 2.70. The van der Waals surface area contributed by atoms with Gasteiger partial charge in [0.05, 0.1) is 5.45 Å². The smallest absolute Gasteiger partial charge is 0.123 e. The Hall–Kier alpha value is -1.09. The van der Waals surface area contributed by atoms with Gasteiger partial charge in [0.1, 0.15) is 8.07 Å². The fourth-order valence-corrected chi connectivity index (χ4v) is 2.91. The lowest BCUT2D eigenvalue weighted by Gasteiger charge is -2.16. The molecule has 0 radical (unpaired) electrons. The summed E-state index contributed by atoms with van der Waals surface area (Å²) in [4.78, 5) is 4.48. The van der Waals surface area contributed by atoms with Crippen molar-refractivity contribution in [2.45, 2.75) is 19.6 Å². The Kier molecular flexibility index (Phi) is 1.77. The van der Waals surface area contributed by atoms with Gasteiger partial charge in [-0.1, -0.05) is 19.6 Å². The van der Waals surface area contributed by atoms with E-state index in [0.717, 1.165) is 0 Å². The predicted molar refractivity (Wildman–Crippen MR) is 58.2 cm³/mol. The third-order valence-electron chi connectivity index (χ3n) is 2.12. The normalized spacial score (nSPS) is 12.2. The molecule has 0 aromatic carbocycles. The van der Waals surface area contributed by atoms with E-state index >= 15 is 0 Å². The lowest BCUT2D eigenvalue weighted by molar-refractivity contribution is 1.14. The molecule has 0 saturated heterocycles. The molecule has 0 aliphatic heterocycles. The zero-order valence-corrected chi connectivity index (χ0v) is 9.28. The fraction of sp³-hybridized carbons (Fsp3) is 0.300. The number of fused-ring (bicyclic) bond motifs is 1. The molecule has 68 valence electrons. The predicted octanol–water partition coefficient (Wildman–Crippen LogP) is 1.88. The van der Waals surface area contributed by atoms with Gasteiger partial charge in [0.25, 0.3) is 0 Å². The van der Waals surface area contributed by atoms with Crippen LogP contribution in [0.2, 0.25) is 19.6 Å². The van der Waals surface area contributed by atoms with Crippen molar-refractivity contribution in [2.75, 3.05) is 0 Å². The highest BCUT2D eigenvalue weighted by atomic mass is 28.3. The van der Waals surface area contributed by atoms with E-state index in [9.17, 15) is 0 Å². The summed E-state index contributed by atoms with van der Waals surface area (Å²) >= 11 is 0. The number of hydrogen-bond acceptors (Lipinski definition) is 1. The van der Waals surface area contributed by atoms with Crippen LogP contribution in [0.4, 0.5) is 0 Å². The van der Waals surface area contributed by atoms with E-state index in [1.165, 1.54) is 11.0 Å². The lowest BCUT2D eigenvalue weighted by Crippen LogP contribution is -2.44. The Morgan fingerprint density at radius 1 is 1.23 bits per heavy atom. The maximum Gasteiger partial charge on any atom is 0.123 e. The van der Waals surface area contributed by atoms with E-state index in [2.05, 4.69) is 47.4 Å². The topological polar surface area (TPSA) is 17.3 Å². The van der Waals surface area contributed by atoms with Gasteiger partial charge in [0.2, 0.25) is 0 Å². The Morgan fingerprint density at radius 2 is 2.00 bits per heavy atom. The third kappa shape index (κ3) is 1.39. The maximum absolute atomic E-state index is 4.48. The van der Waals surface area contributed by atoms with Gasteiger partial charge in [-0.25, -0.2) is 4.98 Å². The SMILES string of the molecule is C[Si](C)(C)c1nccc2cccn12. The van der Waals surface area contributed by atoms with Gasteiger partial charge in [-0.3, -0.25) is 0 Å². The molecule has 3 heteroatoms. The molecular formula is C10H14N2Si. The van der Waals surface area contributed by atoms with Crippen molar-refractivity contribution in [2.24, 2.45) is 0 Å². The van der Waals surface area contributed by atoms with Crippen molar-refractivity contribution in [3.8, 4) is 0 Å². The molecule has 2 aromatic rings. The van der Waals surface area contributed by atoms with Crippen LogP contribution < -0.4 is 5.45 Å². The minimum absolute atomic E-state index is 1.24. The minimum atomic E-state index is -1.31. The van der Waals surface area contributed by atoms with Gasteiger partial charge < -0.3 is 4.40 Å². The molecule has 2 aromatic heterocycles. The minimum Gasteiger partial charge on any atom is -0.309 e. The Balaban J connectivity index is 2.75. The van der Waals surface area contributed by atoms with Crippen molar-refractivity contribution in [1.29, 1.82) is 0 Å². The highest BCUT2D eigenvalue weighted by molar-refractivity contribution is 6.87. The second-order valence-corrected chi connectivity index (χ2v) is 9.27. The highest BCUT2D eigenvalue weighted by Crippen LogP contribution is 2.05. The maximum atomic E-state index is 4.48. The van der Waals surface area contributed by atoms with E-state index in [4.69, 9.17) is 0 Å². The summed E-state index contributed by atoms with van der Waals surface area (Å²) < 4.78 is 2.20. The third-order valence-corrected chi connectivity index (χ3v) is 3.83. The van der Waals surface area contributed by atoms with Crippen LogP contribution in [0.3, 0.4) is 0 Å². The van der Waals surface area contributed by atoms with Crippen molar-refractivity contribution < 1.29 is 0 Å². The zero-order valence-electron chi connectivity index (χ0n) is 8.28. The molecule has 2 heterocycles. The van der Waals surface area contributed by atoms with E-state index in [-0.39, 0.29) is 0 Å². The fourth-order valence-electron chi connectivity index (χ4n) is 1.52. The number of nitrogens with zero attached hydrogens (tertiary/aromatic N) is 2. The quantitative estimate of drug-likeness (QED) is 0.628. The standard InChI is InChI=1S/C10H14N2Si/c1-13(2,3)10-11-7-6-9-5-4-8-12(9)10/h4-8H,1-3H3. The van der Waals surface area contributed by atoms with Crippen LogP contribution in [-0.2, 0) is 0 Å². The molecule has 0 saturated carbocycles. The van der Waals surface area contributed by atoms with Gasteiger partial charge in [-0.2, -0.15) is 0 Å². The monoisotopic (exact) mass is 190 g/mol. The molecule has 2 rings (SSSR count). The first-order chi connectivity index (χ1) is 6.09. The summed E-state index contributed by atoms with van der Waals surface area (Å²) in [5.74, 6) is 0. The lowest BCUT2D eigenvalue weighted by atomic mass is 10.5. The van der Waals surface area contributed by atoms with Crippen LogP contribution in [0.5, 0.6) is 0 Å². The molecule has 0 bridgehead atoms. The van der Waals surface area contributed by atoms with Crippen LogP contribution >= 0.6 is 0 Å². The van der Waals surface area contributed by atoms with Gasteiger partial charge >= 0.3 is 0 Å². The van der Waals surface area contributed by atoms with Crippen molar-refractivity contribution in [3.05, 3.63) is 30.6 Å². The van der Waals surface area contributed by atoms with Gasteiger partial charge in [0, 0.05) is 17.9 Å². The molecule has 0 aliphatic carbocycles. The van der Waals surface area contributed by atoms with Crippen LogP contribution in [0.15, 0.2) is 30.6 Å². The second-order valence-electron chi connectivity index (χ2n) is 4.32. The summed E-state index contributed by atoms with van der Waals surface area (Å²) in [6, 6.07) is 6.23. The number of aromatic nitrogens is 2. The summed E-state index contributed by atoms with van der Waals surface area (Å²) in [5.41, 5.74) is 2.49. The van der Waals surface area contributed by atoms with Gasteiger partial charge in [-0.05, 0) is 18.2 Å². The van der Waals surface area contributed by atoms with E-state index < -0.39 is 8.07 Å². The van der Waals surface area contributed by atoms with Crippen molar-refractivity contribution in [3.63, 3.8) is 0 Å².